The summed E-state index contributed by atoms with van der Waals surface area (Å²) < 4.78 is 11.2. The fourth-order valence-corrected chi connectivity index (χ4v) is 3.82. The molecule has 0 aliphatic carbocycles. The van der Waals surface area contributed by atoms with Gasteiger partial charge in [0.1, 0.15) is 5.75 Å². The lowest BCUT2D eigenvalue weighted by Gasteiger charge is -2.36. The SMILES string of the molecule is COc1ccc(-c2nnc([C@@H](C)[NH+]3CCN(c4ccccc4C)CC3)o2)cc1. The molecule has 1 atom stereocenters. The van der Waals surface area contributed by atoms with Gasteiger partial charge in [0.2, 0.25) is 5.89 Å². The molecule has 1 fully saturated rings. The molecule has 0 spiro atoms. The molecule has 2 aromatic carbocycles. The Labute approximate surface area is 165 Å². The molecule has 28 heavy (non-hydrogen) atoms. The number of anilines is 1. The van der Waals surface area contributed by atoms with Crippen LogP contribution in [0.25, 0.3) is 11.5 Å². The second-order valence-corrected chi connectivity index (χ2v) is 7.33. The van der Waals surface area contributed by atoms with Crippen LogP contribution in [-0.4, -0.2) is 43.5 Å². The van der Waals surface area contributed by atoms with Crippen LogP contribution >= 0.6 is 0 Å². The number of quaternary nitrogens is 1. The molecule has 146 valence electrons. The van der Waals surface area contributed by atoms with E-state index >= 15 is 0 Å². The largest absolute Gasteiger partial charge is 0.497 e. The number of ether oxygens (including phenoxy) is 1. The Morgan fingerprint density at radius 2 is 1.75 bits per heavy atom. The summed E-state index contributed by atoms with van der Waals surface area (Å²) in [6.45, 7) is 8.51. The summed E-state index contributed by atoms with van der Waals surface area (Å²) in [4.78, 5) is 3.96. The molecule has 1 saturated heterocycles. The predicted octanol–water partition coefficient (Wildman–Crippen LogP) is 2.52. The van der Waals surface area contributed by atoms with Crippen LogP contribution in [-0.2, 0) is 0 Å². The zero-order valence-corrected chi connectivity index (χ0v) is 16.7. The molecule has 1 aliphatic heterocycles. The van der Waals surface area contributed by atoms with Crippen molar-refractivity contribution in [2.75, 3.05) is 38.2 Å². The highest BCUT2D eigenvalue weighted by molar-refractivity contribution is 5.54. The molecule has 4 rings (SSSR count). The van der Waals surface area contributed by atoms with Gasteiger partial charge in [-0.05, 0) is 49.7 Å². The van der Waals surface area contributed by atoms with Gasteiger partial charge in [0.25, 0.3) is 5.89 Å². The molecular weight excluding hydrogens is 352 g/mol. The third-order valence-corrected chi connectivity index (χ3v) is 5.62. The number of benzene rings is 2. The first-order valence-electron chi connectivity index (χ1n) is 9.78. The van der Waals surface area contributed by atoms with Gasteiger partial charge in [0, 0.05) is 11.3 Å². The summed E-state index contributed by atoms with van der Waals surface area (Å²) in [6.07, 6.45) is 0. The van der Waals surface area contributed by atoms with E-state index in [1.165, 1.54) is 16.2 Å². The van der Waals surface area contributed by atoms with Crippen molar-refractivity contribution in [2.24, 2.45) is 0 Å². The second-order valence-electron chi connectivity index (χ2n) is 7.33. The zero-order valence-electron chi connectivity index (χ0n) is 16.7. The molecule has 1 aromatic heterocycles. The van der Waals surface area contributed by atoms with Crippen molar-refractivity contribution in [1.29, 1.82) is 0 Å². The van der Waals surface area contributed by atoms with E-state index in [1.54, 1.807) is 7.11 Å². The molecule has 1 N–H and O–H groups in total. The maximum atomic E-state index is 5.99. The summed E-state index contributed by atoms with van der Waals surface area (Å²) in [7, 11) is 1.66. The Balaban J connectivity index is 1.41. The number of nitrogens with zero attached hydrogens (tertiary/aromatic N) is 3. The van der Waals surface area contributed by atoms with Gasteiger partial charge in [-0.25, -0.2) is 0 Å². The average molecular weight is 379 g/mol. The molecule has 0 bridgehead atoms. The number of rotatable bonds is 5. The Hall–Kier alpha value is -2.86. The Morgan fingerprint density at radius 3 is 2.43 bits per heavy atom. The molecule has 1 aliphatic rings. The molecule has 6 nitrogen and oxygen atoms in total. The number of nitrogens with one attached hydrogen (secondary N) is 1. The summed E-state index contributed by atoms with van der Waals surface area (Å²) in [6, 6.07) is 16.5. The van der Waals surface area contributed by atoms with Gasteiger partial charge in [-0.3, -0.25) is 0 Å². The molecular formula is C22H27N4O2+. The number of piperazine rings is 1. The van der Waals surface area contributed by atoms with Gasteiger partial charge in [-0.15, -0.1) is 10.2 Å². The fraction of sp³-hybridized carbons (Fsp3) is 0.364. The predicted molar refractivity (Wildman–Crippen MR) is 109 cm³/mol. The van der Waals surface area contributed by atoms with Crippen molar-refractivity contribution in [3.8, 4) is 17.2 Å². The quantitative estimate of drug-likeness (QED) is 0.738. The zero-order chi connectivity index (χ0) is 19.5. The molecule has 0 unspecified atom stereocenters. The standard InChI is InChI=1S/C22H26N4O2/c1-16-6-4-5-7-20(16)26-14-12-25(13-15-26)17(2)21-23-24-22(28-21)18-8-10-19(27-3)11-9-18/h4-11,17H,12-15H2,1-3H3/p+1/t17-/m1/s1. The highest BCUT2D eigenvalue weighted by Gasteiger charge is 2.29. The van der Waals surface area contributed by atoms with Crippen molar-refractivity contribution in [1.82, 2.24) is 10.2 Å². The number of aryl methyl sites for hydroxylation is 1. The molecule has 0 amide bonds. The van der Waals surface area contributed by atoms with Crippen molar-refractivity contribution in [2.45, 2.75) is 19.9 Å². The Morgan fingerprint density at radius 1 is 1.04 bits per heavy atom. The molecule has 0 radical (unpaired) electrons. The number of hydrogen-bond donors (Lipinski definition) is 1. The highest BCUT2D eigenvalue weighted by atomic mass is 16.5. The Kier molecular flexibility index (Phi) is 5.30. The van der Waals surface area contributed by atoms with Gasteiger partial charge < -0.3 is 19.0 Å². The van der Waals surface area contributed by atoms with Crippen molar-refractivity contribution in [3.63, 3.8) is 0 Å². The minimum atomic E-state index is 0.179. The molecule has 3 aromatic rings. The van der Waals surface area contributed by atoms with Crippen LogP contribution in [0.1, 0.15) is 24.4 Å². The van der Waals surface area contributed by atoms with Crippen LogP contribution in [0.5, 0.6) is 5.75 Å². The molecule has 0 saturated carbocycles. The topological polar surface area (TPSA) is 55.8 Å². The van der Waals surface area contributed by atoms with Crippen molar-refractivity contribution in [3.05, 3.63) is 60.0 Å². The van der Waals surface area contributed by atoms with E-state index in [-0.39, 0.29) is 6.04 Å². The summed E-state index contributed by atoms with van der Waals surface area (Å²) >= 11 is 0. The van der Waals surface area contributed by atoms with Gasteiger partial charge in [0.15, 0.2) is 6.04 Å². The maximum absolute atomic E-state index is 5.99. The number of para-hydroxylation sites is 1. The van der Waals surface area contributed by atoms with E-state index in [0.717, 1.165) is 37.5 Å². The van der Waals surface area contributed by atoms with E-state index in [4.69, 9.17) is 9.15 Å². The van der Waals surface area contributed by atoms with Crippen molar-refractivity contribution < 1.29 is 14.1 Å². The summed E-state index contributed by atoms with van der Waals surface area (Å²) in [5.41, 5.74) is 3.58. The smallest absolute Gasteiger partial charge is 0.274 e. The minimum Gasteiger partial charge on any atom is -0.497 e. The number of methoxy groups -OCH3 is 1. The number of hydrogen-bond acceptors (Lipinski definition) is 5. The first kappa shape index (κ1) is 18.5. The Bertz CT molecular complexity index is 914. The van der Waals surface area contributed by atoms with Crippen LogP contribution in [0, 0.1) is 6.92 Å². The van der Waals surface area contributed by atoms with Gasteiger partial charge in [0.05, 0.1) is 33.3 Å². The van der Waals surface area contributed by atoms with Crippen LogP contribution in [0.2, 0.25) is 0 Å². The normalized spacial score (nSPS) is 16.2. The average Bonchev–Trinajstić information content (AvgIpc) is 3.24. The minimum absolute atomic E-state index is 0.179. The van der Waals surface area contributed by atoms with Crippen molar-refractivity contribution >= 4 is 5.69 Å². The van der Waals surface area contributed by atoms with Crippen LogP contribution in [0.4, 0.5) is 5.69 Å². The lowest BCUT2D eigenvalue weighted by molar-refractivity contribution is -0.931. The third-order valence-electron chi connectivity index (χ3n) is 5.62. The number of aromatic nitrogens is 2. The highest BCUT2D eigenvalue weighted by Crippen LogP contribution is 2.23. The van der Waals surface area contributed by atoms with Crippen LogP contribution < -0.4 is 14.5 Å². The monoisotopic (exact) mass is 379 g/mol. The van der Waals surface area contributed by atoms with Crippen LogP contribution in [0.3, 0.4) is 0 Å². The van der Waals surface area contributed by atoms with Gasteiger partial charge in [-0.2, -0.15) is 0 Å². The van der Waals surface area contributed by atoms with E-state index in [1.807, 2.05) is 24.3 Å². The maximum Gasteiger partial charge on any atom is 0.274 e. The van der Waals surface area contributed by atoms with E-state index in [0.29, 0.717) is 11.8 Å². The van der Waals surface area contributed by atoms with Gasteiger partial charge in [-0.1, -0.05) is 18.2 Å². The molecule has 2 heterocycles. The lowest BCUT2D eigenvalue weighted by atomic mass is 10.1. The van der Waals surface area contributed by atoms with Gasteiger partial charge >= 0.3 is 0 Å². The van der Waals surface area contributed by atoms with E-state index in [2.05, 4.69) is 53.2 Å². The second kappa shape index (κ2) is 8.02. The summed E-state index contributed by atoms with van der Waals surface area (Å²) in [5, 5.41) is 8.57. The fourth-order valence-electron chi connectivity index (χ4n) is 3.82. The van der Waals surface area contributed by atoms with Crippen LogP contribution in [0.15, 0.2) is 52.9 Å². The molecule has 6 heteroatoms. The lowest BCUT2D eigenvalue weighted by Crippen LogP contribution is -3.14. The third kappa shape index (κ3) is 3.73. The first-order valence-corrected chi connectivity index (χ1v) is 9.78. The van der Waals surface area contributed by atoms with E-state index in [9.17, 15) is 0 Å². The first-order chi connectivity index (χ1) is 13.7. The summed E-state index contributed by atoms with van der Waals surface area (Å²) in [5.74, 6) is 2.07. The van der Waals surface area contributed by atoms with E-state index < -0.39 is 0 Å².